The van der Waals surface area contributed by atoms with Crippen molar-refractivity contribution in [1.29, 1.82) is 5.26 Å². The predicted octanol–water partition coefficient (Wildman–Crippen LogP) is 1.38. The minimum atomic E-state index is -5.12. The van der Waals surface area contributed by atoms with Gasteiger partial charge in [-0.15, -0.1) is 0 Å². The number of nitriles is 1. The van der Waals surface area contributed by atoms with Crippen molar-refractivity contribution in [2.45, 2.75) is 39.4 Å². The highest BCUT2D eigenvalue weighted by Crippen LogP contribution is 2.41. The lowest BCUT2D eigenvalue weighted by atomic mass is 9.87. The largest absolute Gasteiger partial charge is 0.425 e. The highest BCUT2D eigenvalue weighted by molar-refractivity contribution is 6.01. The molecule has 0 aromatic heterocycles. The number of hydrogen-bond acceptors (Lipinski definition) is 3. The molecule has 5 nitrogen and oxygen atoms in total. The topological polar surface area (TPSA) is 82.0 Å². The van der Waals surface area contributed by atoms with Crippen LogP contribution in [0.25, 0.3) is 0 Å². The number of hydrogen-bond donors (Lipinski definition) is 2. The van der Waals surface area contributed by atoms with Gasteiger partial charge in [0.05, 0.1) is 11.6 Å². The Morgan fingerprint density at radius 1 is 1.35 bits per heavy atom. The number of allylic oxidation sites excluding steroid dienone is 1. The predicted molar refractivity (Wildman–Crippen MR) is 62.8 cm³/mol. The third-order valence-electron chi connectivity index (χ3n) is 2.91. The van der Waals surface area contributed by atoms with E-state index in [0.717, 1.165) is 0 Å². The van der Waals surface area contributed by atoms with E-state index >= 15 is 0 Å². The zero-order valence-electron chi connectivity index (χ0n) is 11.4. The molecule has 0 spiro atoms. The number of halogens is 3. The first-order valence-electron chi connectivity index (χ1n) is 5.70. The zero-order valence-corrected chi connectivity index (χ0v) is 11.4. The first kappa shape index (κ1) is 16.0. The number of nitrogens with zero attached hydrogens (tertiary/aromatic N) is 1. The van der Waals surface area contributed by atoms with E-state index in [1.807, 2.05) is 5.32 Å². The van der Waals surface area contributed by atoms with Crippen molar-refractivity contribution in [3.63, 3.8) is 0 Å². The molecule has 8 heteroatoms. The van der Waals surface area contributed by atoms with Crippen LogP contribution < -0.4 is 10.6 Å². The van der Waals surface area contributed by atoms with E-state index in [1.54, 1.807) is 5.32 Å². The van der Waals surface area contributed by atoms with Crippen molar-refractivity contribution in [3.8, 4) is 6.07 Å². The van der Waals surface area contributed by atoms with E-state index in [-0.39, 0.29) is 5.70 Å². The molecule has 0 bridgehead atoms. The average Bonchev–Trinajstić information content (AvgIpc) is 2.48. The molecule has 2 amide bonds. The Balaban J connectivity index is 3.45. The molecular weight excluding hydrogens is 275 g/mol. The highest BCUT2D eigenvalue weighted by atomic mass is 19.4. The lowest BCUT2D eigenvalue weighted by molar-refractivity contribution is -0.190. The van der Waals surface area contributed by atoms with Crippen molar-refractivity contribution in [2.24, 2.45) is 5.41 Å². The van der Waals surface area contributed by atoms with Gasteiger partial charge in [-0.1, -0.05) is 20.8 Å². The number of nitrogens with one attached hydrogen (secondary N) is 2. The molecule has 1 rings (SSSR count). The molecule has 0 aromatic rings. The molecule has 0 aliphatic carbocycles. The van der Waals surface area contributed by atoms with Crippen LogP contribution in [0.4, 0.5) is 13.2 Å². The van der Waals surface area contributed by atoms with Crippen LogP contribution in [0.5, 0.6) is 0 Å². The summed E-state index contributed by atoms with van der Waals surface area (Å²) in [5, 5.41) is 12.6. The average molecular weight is 289 g/mol. The van der Waals surface area contributed by atoms with E-state index in [2.05, 4.69) is 0 Å². The lowest BCUT2D eigenvalue weighted by Crippen LogP contribution is -2.66. The molecule has 1 heterocycles. The minimum Gasteiger partial charge on any atom is -0.330 e. The van der Waals surface area contributed by atoms with Gasteiger partial charge in [-0.2, -0.15) is 18.4 Å². The van der Waals surface area contributed by atoms with Gasteiger partial charge in [0.15, 0.2) is 0 Å². The number of rotatable bonds is 1. The second-order valence-electron chi connectivity index (χ2n) is 5.52. The molecule has 0 saturated heterocycles. The summed E-state index contributed by atoms with van der Waals surface area (Å²) in [6, 6.07) is 1.36. The normalized spacial score (nSPS) is 23.4. The monoisotopic (exact) mass is 289 g/mol. The van der Waals surface area contributed by atoms with Crippen LogP contribution >= 0.6 is 0 Å². The fourth-order valence-electron chi connectivity index (χ4n) is 1.71. The van der Waals surface area contributed by atoms with Crippen LogP contribution in [0.1, 0.15) is 27.7 Å². The Hall–Kier alpha value is -2.04. The second kappa shape index (κ2) is 4.51. The highest BCUT2D eigenvalue weighted by Gasteiger charge is 2.67. The van der Waals surface area contributed by atoms with Gasteiger partial charge in [-0.05, 0) is 6.92 Å². The molecule has 1 atom stereocenters. The molecule has 0 fully saturated rings. The van der Waals surface area contributed by atoms with E-state index < -0.39 is 34.5 Å². The molecular formula is C12H14F3N3O2. The van der Waals surface area contributed by atoms with Crippen LogP contribution in [0.2, 0.25) is 0 Å². The molecule has 0 saturated carbocycles. The van der Waals surface area contributed by atoms with Crippen molar-refractivity contribution < 1.29 is 22.8 Å². The molecule has 2 N–H and O–H groups in total. The summed E-state index contributed by atoms with van der Waals surface area (Å²) < 4.78 is 40.1. The maximum atomic E-state index is 13.4. The van der Waals surface area contributed by atoms with Gasteiger partial charge in [0, 0.05) is 11.1 Å². The van der Waals surface area contributed by atoms with Crippen molar-refractivity contribution in [1.82, 2.24) is 10.6 Å². The lowest BCUT2D eigenvalue weighted by Gasteiger charge is -2.33. The quantitative estimate of drug-likeness (QED) is 0.765. The Bertz CT molecular complexity index is 538. The fraction of sp³-hybridized carbons (Fsp3) is 0.583. The van der Waals surface area contributed by atoms with Crippen LogP contribution in [0.3, 0.4) is 0 Å². The van der Waals surface area contributed by atoms with Gasteiger partial charge in [-0.3, -0.25) is 9.59 Å². The second-order valence-corrected chi connectivity index (χ2v) is 5.52. The molecule has 1 aliphatic rings. The first-order valence-corrected chi connectivity index (χ1v) is 5.70. The Morgan fingerprint density at radius 2 is 1.85 bits per heavy atom. The first-order chi connectivity index (χ1) is 8.88. The maximum absolute atomic E-state index is 13.4. The molecule has 0 radical (unpaired) electrons. The summed E-state index contributed by atoms with van der Waals surface area (Å²) in [5.74, 6) is -2.45. The Labute approximate surface area is 113 Å². The van der Waals surface area contributed by atoms with E-state index in [4.69, 9.17) is 5.26 Å². The number of carbonyl (C=O) groups is 2. The van der Waals surface area contributed by atoms with E-state index in [9.17, 15) is 22.8 Å². The van der Waals surface area contributed by atoms with Gasteiger partial charge in [-0.25, -0.2) is 0 Å². The molecule has 20 heavy (non-hydrogen) atoms. The summed E-state index contributed by atoms with van der Waals surface area (Å²) in [5.41, 5.74) is -5.53. The van der Waals surface area contributed by atoms with Crippen molar-refractivity contribution >= 4 is 11.8 Å². The number of carbonyl (C=O) groups excluding carboxylic acids is 2. The Kier molecular flexibility index (Phi) is 3.61. The SMILES string of the molecule is CC1=C(C#N)[C@@](NC(=O)C(C)(C)C)(C(F)(F)F)C(=O)N1. The van der Waals surface area contributed by atoms with Crippen molar-refractivity contribution in [2.75, 3.05) is 0 Å². The molecule has 0 aromatic carbocycles. The van der Waals surface area contributed by atoms with Gasteiger partial charge < -0.3 is 10.6 Å². The third-order valence-corrected chi connectivity index (χ3v) is 2.91. The minimum absolute atomic E-state index is 0.218. The molecule has 1 aliphatic heterocycles. The van der Waals surface area contributed by atoms with Gasteiger partial charge in [0.2, 0.25) is 5.91 Å². The zero-order chi connectivity index (χ0) is 15.9. The van der Waals surface area contributed by atoms with Crippen LogP contribution in [-0.4, -0.2) is 23.5 Å². The van der Waals surface area contributed by atoms with Crippen LogP contribution in [0.15, 0.2) is 11.3 Å². The standard InChI is InChI=1S/C12H14F3N3O2/c1-6-7(5-16)11(9(20)17-6,12(13,14)15)18-8(19)10(2,3)4/h1-4H3,(H,17,20)(H,18,19)/t11-/m0/s1. The summed E-state index contributed by atoms with van der Waals surface area (Å²) in [6.07, 6.45) is -5.12. The molecule has 0 unspecified atom stereocenters. The summed E-state index contributed by atoms with van der Waals surface area (Å²) >= 11 is 0. The summed E-state index contributed by atoms with van der Waals surface area (Å²) in [6.45, 7) is 5.39. The van der Waals surface area contributed by atoms with Crippen LogP contribution in [0, 0.1) is 16.7 Å². The summed E-state index contributed by atoms with van der Waals surface area (Å²) in [7, 11) is 0. The van der Waals surface area contributed by atoms with Gasteiger partial charge in [0.1, 0.15) is 0 Å². The fourth-order valence-corrected chi connectivity index (χ4v) is 1.71. The maximum Gasteiger partial charge on any atom is 0.425 e. The van der Waals surface area contributed by atoms with Crippen LogP contribution in [-0.2, 0) is 9.59 Å². The summed E-state index contributed by atoms with van der Waals surface area (Å²) in [4.78, 5) is 23.6. The van der Waals surface area contributed by atoms with Crippen molar-refractivity contribution in [3.05, 3.63) is 11.3 Å². The molecule has 110 valence electrons. The van der Waals surface area contributed by atoms with E-state index in [0.29, 0.717) is 0 Å². The Morgan fingerprint density at radius 3 is 2.20 bits per heavy atom. The van der Waals surface area contributed by atoms with Gasteiger partial charge >= 0.3 is 6.18 Å². The van der Waals surface area contributed by atoms with E-state index in [1.165, 1.54) is 33.8 Å². The third kappa shape index (κ3) is 2.24. The smallest absolute Gasteiger partial charge is 0.330 e. The number of amides is 2. The van der Waals surface area contributed by atoms with Gasteiger partial charge in [0.25, 0.3) is 11.4 Å². The number of alkyl halides is 3.